The van der Waals surface area contributed by atoms with Gasteiger partial charge in [0.25, 0.3) is 5.56 Å². The van der Waals surface area contributed by atoms with Crippen molar-refractivity contribution >= 4 is 11.8 Å². The van der Waals surface area contributed by atoms with Crippen molar-refractivity contribution in [2.75, 3.05) is 6.61 Å². The number of aromatic hydroxyl groups is 1. The van der Waals surface area contributed by atoms with Crippen molar-refractivity contribution in [1.29, 1.82) is 0 Å². The number of aromatic nitrogens is 1. The molecule has 148 valence electrons. The Labute approximate surface area is 166 Å². The summed E-state index contributed by atoms with van der Waals surface area (Å²) in [5.74, 6) is -1.65. The maximum atomic E-state index is 13.0. The molecule has 0 amide bonds. The fourth-order valence-electron chi connectivity index (χ4n) is 2.94. The summed E-state index contributed by atoms with van der Waals surface area (Å²) in [4.78, 5) is 38.3. The monoisotopic (exact) mass is 393 g/mol. The van der Waals surface area contributed by atoms with Crippen LogP contribution < -0.4 is 5.56 Å². The molecule has 3 rings (SSSR count). The molecule has 0 aliphatic carbocycles. The van der Waals surface area contributed by atoms with Gasteiger partial charge in [-0.25, -0.2) is 4.79 Å². The van der Waals surface area contributed by atoms with Crippen molar-refractivity contribution in [3.8, 4) is 11.4 Å². The number of aliphatic hydroxyl groups is 1. The van der Waals surface area contributed by atoms with Crippen LogP contribution in [-0.4, -0.2) is 33.1 Å². The van der Waals surface area contributed by atoms with Crippen LogP contribution in [-0.2, 0) is 11.3 Å². The summed E-state index contributed by atoms with van der Waals surface area (Å²) >= 11 is 0. The second-order valence-corrected chi connectivity index (χ2v) is 6.17. The number of aliphatic hydroxyl groups excluding tert-OH is 1. The summed E-state index contributed by atoms with van der Waals surface area (Å²) in [6, 6.07) is 13.7. The van der Waals surface area contributed by atoms with Crippen molar-refractivity contribution in [3.05, 3.63) is 93.4 Å². The molecule has 0 bridgehead atoms. The van der Waals surface area contributed by atoms with Gasteiger partial charge in [-0.15, -0.1) is 0 Å². The van der Waals surface area contributed by atoms with Crippen molar-refractivity contribution in [2.24, 2.45) is 0 Å². The minimum atomic E-state index is -0.861. The van der Waals surface area contributed by atoms with Gasteiger partial charge in [-0.3, -0.25) is 14.2 Å². The second-order valence-electron chi connectivity index (χ2n) is 6.17. The van der Waals surface area contributed by atoms with E-state index in [-0.39, 0.29) is 35.7 Å². The number of phenols is 1. The van der Waals surface area contributed by atoms with Gasteiger partial charge in [0.2, 0.25) is 0 Å². The minimum absolute atomic E-state index is 0.0156. The van der Waals surface area contributed by atoms with E-state index < -0.39 is 17.3 Å². The largest absolute Gasteiger partial charge is 0.507 e. The van der Waals surface area contributed by atoms with E-state index in [1.807, 2.05) is 0 Å². The van der Waals surface area contributed by atoms with E-state index in [0.717, 1.165) is 10.6 Å². The van der Waals surface area contributed by atoms with Crippen molar-refractivity contribution < 1.29 is 24.5 Å². The molecule has 1 heterocycles. The third kappa shape index (κ3) is 3.95. The fourth-order valence-corrected chi connectivity index (χ4v) is 2.94. The molecule has 0 fully saturated rings. The number of nitrogens with zero attached hydrogens (tertiary/aromatic N) is 1. The van der Waals surface area contributed by atoms with E-state index in [2.05, 4.69) is 0 Å². The van der Waals surface area contributed by atoms with Crippen LogP contribution in [0.1, 0.15) is 38.8 Å². The molecule has 3 aromatic rings. The lowest BCUT2D eigenvalue weighted by Crippen LogP contribution is -2.28. The third-order valence-corrected chi connectivity index (χ3v) is 4.34. The molecule has 0 atom stereocenters. The molecule has 0 radical (unpaired) electrons. The molecule has 7 heteroatoms. The smallest absolute Gasteiger partial charge is 0.343 e. The number of carbonyl (C=O) groups excluding carboxylic acids is 2. The standard InChI is InChI=1S/C22H19NO6/c1-2-29-22(28)17-11-15(20(26)16-8-4-6-10-19(16)25)12-23(21(17)27)18-9-5-3-7-14(18)13-24/h3-12,24-25H,2,13H2,1H3. The van der Waals surface area contributed by atoms with Gasteiger partial charge < -0.3 is 14.9 Å². The first-order valence-corrected chi connectivity index (χ1v) is 8.93. The number of para-hydroxylation sites is 2. The van der Waals surface area contributed by atoms with E-state index in [0.29, 0.717) is 11.3 Å². The van der Waals surface area contributed by atoms with Gasteiger partial charge in [-0.05, 0) is 31.2 Å². The lowest BCUT2D eigenvalue weighted by molar-refractivity contribution is 0.0524. The van der Waals surface area contributed by atoms with E-state index in [9.17, 15) is 24.6 Å². The maximum absolute atomic E-state index is 13.0. The summed E-state index contributed by atoms with van der Waals surface area (Å²) in [6.45, 7) is 1.33. The number of ether oxygens (including phenoxy) is 1. The first-order chi connectivity index (χ1) is 14.0. The quantitative estimate of drug-likeness (QED) is 0.492. The van der Waals surface area contributed by atoms with Crippen LogP contribution in [0, 0.1) is 0 Å². The normalized spacial score (nSPS) is 10.6. The molecular weight excluding hydrogens is 374 g/mol. The Bertz CT molecular complexity index is 1130. The lowest BCUT2D eigenvalue weighted by Gasteiger charge is -2.14. The number of phenolic OH excluding ortho intramolecular Hbond substituents is 1. The van der Waals surface area contributed by atoms with E-state index in [4.69, 9.17) is 4.74 Å². The maximum Gasteiger partial charge on any atom is 0.343 e. The van der Waals surface area contributed by atoms with Gasteiger partial charge in [-0.1, -0.05) is 30.3 Å². The van der Waals surface area contributed by atoms with E-state index >= 15 is 0 Å². The number of pyridine rings is 1. The molecule has 1 aromatic heterocycles. The number of rotatable bonds is 6. The van der Waals surface area contributed by atoms with Gasteiger partial charge in [0.1, 0.15) is 11.3 Å². The van der Waals surface area contributed by atoms with Gasteiger partial charge in [-0.2, -0.15) is 0 Å². The topological polar surface area (TPSA) is 106 Å². The summed E-state index contributed by atoms with van der Waals surface area (Å²) in [7, 11) is 0. The Balaban J connectivity index is 2.26. The van der Waals surface area contributed by atoms with Crippen molar-refractivity contribution in [2.45, 2.75) is 13.5 Å². The Kier molecular flexibility index (Phi) is 5.90. The molecule has 0 saturated carbocycles. The molecule has 7 nitrogen and oxygen atoms in total. The number of benzene rings is 2. The third-order valence-electron chi connectivity index (χ3n) is 4.34. The van der Waals surface area contributed by atoms with Crippen LogP contribution in [0.3, 0.4) is 0 Å². The average Bonchev–Trinajstić information content (AvgIpc) is 2.74. The predicted octanol–water partition coefficient (Wildman–Crippen LogP) is 2.44. The summed E-state index contributed by atoms with van der Waals surface area (Å²) in [5, 5.41) is 19.6. The highest BCUT2D eigenvalue weighted by Gasteiger charge is 2.22. The molecule has 2 aromatic carbocycles. The minimum Gasteiger partial charge on any atom is -0.507 e. The highest BCUT2D eigenvalue weighted by atomic mass is 16.5. The fraction of sp³-hybridized carbons (Fsp3) is 0.136. The molecule has 0 spiro atoms. The number of hydrogen-bond acceptors (Lipinski definition) is 6. The summed E-state index contributed by atoms with van der Waals surface area (Å²) < 4.78 is 6.09. The van der Waals surface area contributed by atoms with Crippen LogP contribution >= 0.6 is 0 Å². The molecule has 0 saturated heterocycles. The summed E-state index contributed by atoms with van der Waals surface area (Å²) in [6.07, 6.45) is 1.29. The number of hydrogen-bond donors (Lipinski definition) is 2. The van der Waals surface area contributed by atoms with Crippen LogP contribution in [0.2, 0.25) is 0 Å². The zero-order valence-corrected chi connectivity index (χ0v) is 15.7. The zero-order chi connectivity index (χ0) is 21.0. The zero-order valence-electron chi connectivity index (χ0n) is 15.7. The van der Waals surface area contributed by atoms with Gasteiger partial charge in [0, 0.05) is 17.3 Å². The molecule has 0 aliphatic heterocycles. The second kappa shape index (κ2) is 8.53. The Morgan fingerprint density at radius 3 is 2.41 bits per heavy atom. The van der Waals surface area contributed by atoms with Crippen molar-refractivity contribution in [3.63, 3.8) is 0 Å². The number of carbonyl (C=O) groups is 2. The average molecular weight is 393 g/mol. The van der Waals surface area contributed by atoms with E-state index in [1.54, 1.807) is 43.3 Å². The van der Waals surface area contributed by atoms with Gasteiger partial charge in [0.15, 0.2) is 5.78 Å². The highest BCUT2D eigenvalue weighted by molar-refractivity contribution is 6.11. The Hall–Kier alpha value is -3.71. The number of ketones is 1. The molecule has 0 aliphatic rings. The van der Waals surface area contributed by atoms with Crippen LogP contribution in [0.4, 0.5) is 0 Å². The molecule has 2 N–H and O–H groups in total. The molecular formula is C22H19NO6. The highest BCUT2D eigenvalue weighted by Crippen LogP contribution is 2.21. The van der Waals surface area contributed by atoms with Crippen LogP contribution in [0.25, 0.3) is 5.69 Å². The van der Waals surface area contributed by atoms with Crippen LogP contribution in [0.15, 0.2) is 65.6 Å². The Morgan fingerprint density at radius 2 is 1.72 bits per heavy atom. The summed E-state index contributed by atoms with van der Waals surface area (Å²) in [5.41, 5.74) is -0.182. The Morgan fingerprint density at radius 1 is 1.03 bits per heavy atom. The number of esters is 1. The SMILES string of the molecule is CCOC(=O)c1cc(C(=O)c2ccccc2O)cn(-c2ccccc2CO)c1=O. The lowest BCUT2D eigenvalue weighted by atomic mass is 10.0. The first-order valence-electron chi connectivity index (χ1n) is 8.93. The van der Waals surface area contributed by atoms with E-state index in [1.165, 1.54) is 18.3 Å². The molecule has 0 unspecified atom stereocenters. The first kappa shape index (κ1) is 20.0. The molecule has 29 heavy (non-hydrogen) atoms. The van der Waals surface area contributed by atoms with Gasteiger partial charge >= 0.3 is 5.97 Å². The predicted molar refractivity (Wildman–Crippen MR) is 105 cm³/mol. The van der Waals surface area contributed by atoms with Crippen LogP contribution in [0.5, 0.6) is 5.75 Å². The van der Waals surface area contributed by atoms with Crippen molar-refractivity contribution in [1.82, 2.24) is 4.57 Å². The van der Waals surface area contributed by atoms with Gasteiger partial charge in [0.05, 0.1) is 24.5 Å².